The lowest BCUT2D eigenvalue weighted by molar-refractivity contribution is -0.125. The molecule has 4 heteroatoms. The zero-order valence-electron chi connectivity index (χ0n) is 9.62. The minimum Gasteiger partial charge on any atom is -0.298 e. The number of carbonyl (C=O) groups is 1. The Hall–Kier alpha value is -0.380. The monoisotopic (exact) mass is 220 g/mol. The Morgan fingerprint density at radius 2 is 1.64 bits per heavy atom. The van der Waals surface area contributed by atoms with Crippen molar-refractivity contribution in [2.45, 2.75) is 46.3 Å². The van der Waals surface area contributed by atoms with Gasteiger partial charge in [-0.3, -0.25) is 4.79 Å². The van der Waals surface area contributed by atoms with Crippen LogP contribution in [0.1, 0.15) is 41.0 Å². The van der Waals surface area contributed by atoms with E-state index < -0.39 is 20.5 Å². The second kappa shape index (κ2) is 4.43. The molecule has 14 heavy (non-hydrogen) atoms. The summed E-state index contributed by atoms with van der Waals surface area (Å²) in [4.78, 5) is 11.8. The van der Waals surface area contributed by atoms with Crippen molar-refractivity contribution < 1.29 is 13.2 Å². The zero-order valence-corrected chi connectivity index (χ0v) is 10.4. The smallest absolute Gasteiger partial charge is 0.159 e. The van der Waals surface area contributed by atoms with Crippen LogP contribution in [0, 0.1) is 5.41 Å². The normalized spacial score (nSPS) is 15.2. The molecule has 1 atom stereocenters. The molecule has 84 valence electrons. The summed E-state index contributed by atoms with van der Waals surface area (Å²) in [6, 6.07) is 0. The van der Waals surface area contributed by atoms with Crippen LogP contribution >= 0.6 is 0 Å². The Labute approximate surface area is 86.8 Å². The van der Waals surface area contributed by atoms with Crippen LogP contribution in [0.5, 0.6) is 0 Å². The molecule has 0 heterocycles. The number of carbonyl (C=O) groups excluding carboxylic acids is 1. The van der Waals surface area contributed by atoms with Gasteiger partial charge in [0.05, 0.1) is 0 Å². The highest BCUT2D eigenvalue weighted by molar-refractivity contribution is 7.92. The van der Waals surface area contributed by atoms with Crippen molar-refractivity contribution in [3.8, 4) is 0 Å². The summed E-state index contributed by atoms with van der Waals surface area (Å²) in [7, 11) is -3.24. The lowest BCUT2D eigenvalue weighted by Gasteiger charge is -2.23. The second-order valence-corrected chi connectivity index (χ2v) is 6.93. The molecule has 0 aromatic rings. The van der Waals surface area contributed by atoms with E-state index >= 15 is 0 Å². The van der Waals surface area contributed by atoms with Crippen molar-refractivity contribution in [1.29, 1.82) is 0 Å². The van der Waals surface area contributed by atoms with Gasteiger partial charge in [-0.25, -0.2) is 8.42 Å². The summed E-state index contributed by atoms with van der Waals surface area (Å²) in [5.41, 5.74) is -0.580. The number of rotatable bonds is 4. The maximum absolute atomic E-state index is 11.8. The number of hydrogen-bond donors (Lipinski definition) is 0. The molecule has 0 N–H and O–H groups in total. The van der Waals surface area contributed by atoms with Gasteiger partial charge in [-0.05, 0) is 6.42 Å². The molecule has 0 rings (SSSR count). The van der Waals surface area contributed by atoms with Crippen LogP contribution < -0.4 is 0 Å². The fraction of sp³-hybridized carbons (Fsp3) is 0.900. The van der Waals surface area contributed by atoms with Gasteiger partial charge in [0.15, 0.2) is 15.6 Å². The third-order valence-corrected chi connectivity index (χ3v) is 4.46. The maximum Gasteiger partial charge on any atom is 0.159 e. The zero-order chi connectivity index (χ0) is 11.6. The Kier molecular flexibility index (Phi) is 4.31. The summed E-state index contributed by atoms with van der Waals surface area (Å²) in [5.74, 6) is -0.144. The first-order valence-electron chi connectivity index (χ1n) is 4.92. The van der Waals surface area contributed by atoms with Crippen molar-refractivity contribution in [3.05, 3.63) is 0 Å². The second-order valence-electron chi connectivity index (χ2n) is 4.46. The molecule has 0 bridgehead atoms. The first-order chi connectivity index (χ1) is 6.16. The SMILES string of the molecule is CC[C@@H](C(=O)C(C)(C)C)S(=O)(=O)CC. The molecule has 0 aliphatic carbocycles. The van der Waals surface area contributed by atoms with Gasteiger partial charge >= 0.3 is 0 Å². The van der Waals surface area contributed by atoms with Gasteiger partial charge < -0.3 is 0 Å². The molecular formula is C10H20O3S. The maximum atomic E-state index is 11.8. The molecule has 0 radical (unpaired) electrons. The van der Waals surface area contributed by atoms with Crippen molar-refractivity contribution in [3.63, 3.8) is 0 Å². The highest BCUT2D eigenvalue weighted by Crippen LogP contribution is 2.22. The molecule has 0 aliphatic heterocycles. The lowest BCUT2D eigenvalue weighted by atomic mass is 9.88. The Balaban J connectivity index is 5.04. The van der Waals surface area contributed by atoms with E-state index in [-0.39, 0.29) is 11.5 Å². The molecule has 0 aliphatic rings. The predicted octanol–water partition coefficient (Wildman–Crippen LogP) is 1.81. The van der Waals surface area contributed by atoms with Crippen LogP contribution in [0.4, 0.5) is 0 Å². The van der Waals surface area contributed by atoms with E-state index in [1.807, 2.05) is 0 Å². The predicted molar refractivity (Wildman–Crippen MR) is 58.0 cm³/mol. The van der Waals surface area contributed by atoms with Crippen LogP contribution in [0.3, 0.4) is 0 Å². The van der Waals surface area contributed by atoms with Gasteiger partial charge in [0, 0.05) is 11.2 Å². The third-order valence-electron chi connectivity index (χ3n) is 2.24. The molecule has 0 unspecified atom stereocenters. The van der Waals surface area contributed by atoms with Crippen LogP contribution in [0.2, 0.25) is 0 Å². The van der Waals surface area contributed by atoms with E-state index in [4.69, 9.17) is 0 Å². The molecule has 0 spiro atoms. The largest absolute Gasteiger partial charge is 0.298 e. The van der Waals surface area contributed by atoms with Crippen LogP contribution in [-0.4, -0.2) is 25.2 Å². The topological polar surface area (TPSA) is 51.2 Å². The fourth-order valence-electron chi connectivity index (χ4n) is 1.29. The van der Waals surface area contributed by atoms with Gasteiger partial charge in [0.2, 0.25) is 0 Å². The first kappa shape index (κ1) is 13.6. The molecule has 0 amide bonds. The van der Waals surface area contributed by atoms with Crippen molar-refractivity contribution in [2.24, 2.45) is 5.41 Å². The Morgan fingerprint density at radius 3 is 1.86 bits per heavy atom. The number of hydrogen-bond acceptors (Lipinski definition) is 3. The quantitative estimate of drug-likeness (QED) is 0.726. The van der Waals surface area contributed by atoms with Gasteiger partial charge in [-0.15, -0.1) is 0 Å². The van der Waals surface area contributed by atoms with E-state index in [1.54, 1.807) is 34.6 Å². The first-order valence-corrected chi connectivity index (χ1v) is 6.64. The lowest BCUT2D eigenvalue weighted by Crippen LogP contribution is -2.38. The fourth-order valence-corrected chi connectivity index (χ4v) is 2.88. The standard InChI is InChI=1S/C10H20O3S/c1-6-8(14(12,13)7-2)9(11)10(3,4)5/h8H,6-7H2,1-5H3/t8-/m0/s1. The number of Topliss-reactive ketones (excluding diaryl/α,β-unsaturated/α-hetero) is 1. The van der Waals surface area contributed by atoms with Gasteiger partial charge in [-0.2, -0.15) is 0 Å². The highest BCUT2D eigenvalue weighted by atomic mass is 32.2. The van der Waals surface area contributed by atoms with Gasteiger partial charge in [0.1, 0.15) is 5.25 Å². The average Bonchev–Trinajstić information content (AvgIpc) is 2.03. The summed E-state index contributed by atoms with van der Waals surface area (Å²) in [6.45, 7) is 8.57. The summed E-state index contributed by atoms with van der Waals surface area (Å²) in [6.07, 6.45) is 0.367. The highest BCUT2D eigenvalue weighted by Gasteiger charge is 2.35. The minimum atomic E-state index is -3.24. The molecule has 0 aromatic heterocycles. The van der Waals surface area contributed by atoms with Crippen molar-refractivity contribution in [2.75, 3.05) is 5.75 Å². The van der Waals surface area contributed by atoms with Crippen LogP contribution in [0.15, 0.2) is 0 Å². The molecule has 0 aromatic carbocycles. The van der Waals surface area contributed by atoms with E-state index in [1.165, 1.54) is 0 Å². The van der Waals surface area contributed by atoms with E-state index in [0.29, 0.717) is 6.42 Å². The molecule has 0 saturated heterocycles. The Bertz CT molecular complexity index is 296. The Morgan fingerprint density at radius 1 is 1.21 bits per heavy atom. The molecule has 0 saturated carbocycles. The average molecular weight is 220 g/mol. The molecular weight excluding hydrogens is 200 g/mol. The van der Waals surface area contributed by atoms with Crippen molar-refractivity contribution >= 4 is 15.6 Å². The minimum absolute atomic E-state index is 0.0350. The van der Waals surface area contributed by atoms with Gasteiger partial charge in [-0.1, -0.05) is 34.6 Å². The van der Waals surface area contributed by atoms with Crippen LogP contribution in [-0.2, 0) is 14.6 Å². The summed E-state index contributed by atoms with van der Waals surface area (Å²) in [5, 5.41) is -0.826. The summed E-state index contributed by atoms with van der Waals surface area (Å²) < 4.78 is 23.2. The van der Waals surface area contributed by atoms with Crippen LogP contribution in [0.25, 0.3) is 0 Å². The van der Waals surface area contributed by atoms with Crippen molar-refractivity contribution in [1.82, 2.24) is 0 Å². The molecule has 0 fully saturated rings. The number of ketones is 1. The number of sulfone groups is 1. The third kappa shape index (κ3) is 3.08. The van der Waals surface area contributed by atoms with E-state index in [9.17, 15) is 13.2 Å². The summed E-state index contributed by atoms with van der Waals surface area (Å²) >= 11 is 0. The van der Waals surface area contributed by atoms with Gasteiger partial charge in [0.25, 0.3) is 0 Å². The van der Waals surface area contributed by atoms with E-state index in [2.05, 4.69) is 0 Å². The molecule has 3 nitrogen and oxygen atoms in total. The van der Waals surface area contributed by atoms with E-state index in [0.717, 1.165) is 0 Å².